The van der Waals surface area contributed by atoms with Crippen molar-refractivity contribution in [1.29, 1.82) is 0 Å². The fraction of sp³-hybridized carbons (Fsp3) is 0.414. The number of alkyl halides is 2. The van der Waals surface area contributed by atoms with Crippen LogP contribution in [0.25, 0.3) is 10.8 Å². The van der Waals surface area contributed by atoms with Gasteiger partial charge in [0.05, 0.1) is 17.2 Å². The lowest BCUT2D eigenvalue weighted by atomic mass is 9.99. The number of aryl methyl sites for hydroxylation is 1. The molecule has 1 saturated heterocycles. The van der Waals surface area contributed by atoms with Crippen LogP contribution in [0.5, 0.6) is 5.75 Å². The predicted molar refractivity (Wildman–Crippen MR) is 140 cm³/mol. The van der Waals surface area contributed by atoms with Crippen LogP contribution in [0, 0.1) is 5.82 Å². The third-order valence-corrected chi connectivity index (χ3v) is 7.44. The molecule has 3 aromatic rings. The Morgan fingerprint density at radius 1 is 1.11 bits per heavy atom. The van der Waals surface area contributed by atoms with Crippen molar-refractivity contribution < 1.29 is 27.8 Å². The minimum absolute atomic E-state index is 0.0366. The van der Waals surface area contributed by atoms with Gasteiger partial charge >= 0.3 is 5.92 Å². The molecule has 0 aromatic heterocycles. The minimum Gasteiger partial charge on any atom is -0.489 e. The van der Waals surface area contributed by atoms with Crippen molar-refractivity contribution >= 4 is 28.3 Å². The van der Waals surface area contributed by atoms with E-state index in [2.05, 4.69) is 5.32 Å². The largest absolute Gasteiger partial charge is 0.489 e. The van der Waals surface area contributed by atoms with Crippen LogP contribution in [0.4, 0.5) is 13.2 Å². The number of likely N-dealkylation sites (tertiary alicyclic amines) is 1. The molecule has 3 aromatic carbocycles. The summed E-state index contributed by atoms with van der Waals surface area (Å²) >= 11 is 6.34. The van der Waals surface area contributed by atoms with E-state index in [0.29, 0.717) is 27.3 Å². The zero-order valence-corrected chi connectivity index (χ0v) is 21.6. The second kappa shape index (κ2) is 11.1. The lowest BCUT2D eigenvalue weighted by Crippen LogP contribution is -2.54. The average molecular weight is 547 g/mol. The van der Waals surface area contributed by atoms with Crippen LogP contribution < -0.4 is 10.1 Å². The molecule has 0 radical (unpaired) electrons. The first-order chi connectivity index (χ1) is 18.2. The number of carbonyl (C=O) groups excluding carboxylic acids is 1. The number of ether oxygens (including phenoxy) is 1. The van der Waals surface area contributed by atoms with Crippen molar-refractivity contribution in [3.63, 3.8) is 0 Å². The number of nitrogens with one attached hydrogen (secondary N) is 1. The fourth-order valence-electron chi connectivity index (χ4n) is 4.57. The van der Waals surface area contributed by atoms with E-state index >= 15 is 0 Å². The Balaban J connectivity index is 1.25. The molecule has 2 N–H and O–H groups in total. The third-order valence-electron chi connectivity index (χ3n) is 7.14. The molecule has 2 fully saturated rings. The van der Waals surface area contributed by atoms with Crippen molar-refractivity contribution in [3.8, 4) is 5.75 Å². The first kappa shape index (κ1) is 26.8. The molecular formula is C29H30ClF3N2O3. The zero-order valence-electron chi connectivity index (χ0n) is 20.8. The van der Waals surface area contributed by atoms with Crippen LogP contribution >= 0.6 is 11.6 Å². The van der Waals surface area contributed by atoms with E-state index in [9.17, 15) is 23.1 Å². The second-order valence-electron chi connectivity index (χ2n) is 10.2. The smallest absolute Gasteiger partial charge is 0.324 e. The molecule has 202 valence electrons. The number of amides is 1. The summed E-state index contributed by atoms with van der Waals surface area (Å²) in [6.45, 7) is 1.79. The predicted octanol–water partition coefficient (Wildman–Crippen LogP) is 5.67. The molecule has 2 atom stereocenters. The second-order valence-corrected chi connectivity index (χ2v) is 10.6. The molecule has 9 heteroatoms. The van der Waals surface area contributed by atoms with E-state index in [1.165, 1.54) is 12.1 Å². The number of carbonyl (C=O) groups is 1. The summed E-state index contributed by atoms with van der Waals surface area (Å²) in [7, 11) is 0. The van der Waals surface area contributed by atoms with E-state index in [1.807, 2.05) is 4.90 Å². The summed E-state index contributed by atoms with van der Waals surface area (Å²) < 4.78 is 49.1. The van der Waals surface area contributed by atoms with Gasteiger partial charge in [-0.25, -0.2) is 4.39 Å². The highest BCUT2D eigenvalue weighted by atomic mass is 35.5. The summed E-state index contributed by atoms with van der Waals surface area (Å²) in [5.74, 6) is -4.93. The van der Waals surface area contributed by atoms with Crippen LogP contribution in [0.1, 0.15) is 42.9 Å². The van der Waals surface area contributed by atoms with Crippen molar-refractivity contribution in [2.24, 2.45) is 0 Å². The van der Waals surface area contributed by atoms with Crippen LogP contribution in [0.3, 0.4) is 0 Å². The van der Waals surface area contributed by atoms with Crippen LogP contribution in [-0.4, -0.2) is 53.6 Å². The number of rotatable bonds is 11. The average Bonchev–Trinajstić information content (AvgIpc) is 3.69. The third kappa shape index (κ3) is 6.42. The summed E-state index contributed by atoms with van der Waals surface area (Å²) in [6.07, 6.45) is 1.11. The van der Waals surface area contributed by atoms with E-state index < -0.39 is 30.4 Å². The van der Waals surface area contributed by atoms with E-state index in [1.54, 1.807) is 42.5 Å². The van der Waals surface area contributed by atoms with Gasteiger partial charge in [-0.05, 0) is 84.9 Å². The number of benzene rings is 3. The highest BCUT2D eigenvalue weighted by Gasteiger charge is 2.41. The molecule has 5 rings (SSSR count). The number of halogens is 4. The van der Waals surface area contributed by atoms with E-state index in [0.717, 1.165) is 37.7 Å². The van der Waals surface area contributed by atoms with Crippen molar-refractivity contribution in [2.75, 3.05) is 19.6 Å². The number of hydrogen-bond acceptors (Lipinski definition) is 4. The fourth-order valence-corrected chi connectivity index (χ4v) is 4.81. The first-order valence-electron chi connectivity index (χ1n) is 12.9. The van der Waals surface area contributed by atoms with Crippen LogP contribution in [0.2, 0.25) is 5.02 Å². The molecule has 0 spiro atoms. The summed E-state index contributed by atoms with van der Waals surface area (Å²) in [5, 5.41) is 15.2. The maximum atomic E-state index is 15.0. The number of nitrogens with zero attached hydrogens (tertiary/aromatic N) is 1. The number of hydrogen-bond donors (Lipinski definition) is 2. The SMILES string of the molecule is O=C(NC(CN1CCC1)C(O)c1ccc(OC2CC2)c(Cl)c1)C(F)(F)CCc1ccc2cc(F)ccc2c1. The molecule has 38 heavy (non-hydrogen) atoms. The number of aliphatic hydroxyl groups excluding tert-OH is 1. The summed E-state index contributed by atoms with van der Waals surface area (Å²) in [6, 6.07) is 13.3. The molecule has 5 nitrogen and oxygen atoms in total. The monoisotopic (exact) mass is 546 g/mol. The van der Waals surface area contributed by atoms with Crippen molar-refractivity contribution in [2.45, 2.75) is 56.3 Å². The Morgan fingerprint density at radius 3 is 2.53 bits per heavy atom. The van der Waals surface area contributed by atoms with Gasteiger partial charge in [0.15, 0.2) is 0 Å². The molecule has 1 amide bonds. The van der Waals surface area contributed by atoms with Crippen LogP contribution in [0.15, 0.2) is 54.6 Å². The summed E-state index contributed by atoms with van der Waals surface area (Å²) in [5.41, 5.74) is 1.04. The topological polar surface area (TPSA) is 61.8 Å². The number of fused-ring (bicyclic) bond motifs is 1. The van der Waals surface area contributed by atoms with Gasteiger partial charge in [-0.15, -0.1) is 0 Å². The van der Waals surface area contributed by atoms with Gasteiger partial charge in [0.2, 0.25) is 0 Å². The standard InChI is InChI=1S/C29H30ClF3N2O3/c30-24-16-21(5-9-26(24)38-23-7-8-23)27(36)25(17-35-12-1-13-35)34-28(37)29(32,33)11-10-18-2-3-20-15-22(31)6-4-19(20)14-18/h2-6,9,14-16,23,25,27,36H,1,7-8,10-13,17H2,(H,34,37). The summed E-state index contributed by atoms with van der Waals surface area (Å²) in [4.78, 5) is 14.7. The Labute approximate surface area is 224 Å². The maximum Gasteiger partial charge on any atom is 0.324 e. The highest BCUT2D eigenvalue weighted by molar-refractivity contribution is 6.32. The molecule has 1 aliphatic heterocycles. The molecular weight excluding hydrogens is 517 g/mol. The van der Waals surface area contributed by atoms with Crippen LogP contribution in [-0.2, 0) is 11.2 Å². The molecule has 0 bridgehead atoms. The maximum absolute atomic E-state index is 15.0. The Kier molecular flexibility index (Phi) is 7.84. The van der Waals surface area contributed by atoms with Crippen molar-refractivity contribution in [1.82, 2.24) is 10.2 Å². The Morgan fingerprint density at radius 2 is 1.84 bits per heavy atom. The minimum atomic E-state index is -3.65. The van der Waals surface area contributed by atoms with Gasteiger partial charge in [0.25, 0.3) is 5.91 Å². The highest BCUT2D eigenvalue weighted by Crippen LogP contribution is 2.34. The van der Waals surface area contributed by atoms with E-state index in [4.69, 9.17) is 16.3 Å². The first-order valence-corrected chi connectivity index (χ1v) is 13.3. The normalized spacial score (nSPS) is 17.6. The quantitative estimate of drug-likeness (QED) is 0.325. The van der Waals surface area contributed by atoms with Gasteiger partial charge in [-0.2, -0.15) is 8.78 Å². The van der Waals surface area contributed by atoms with Gasteiger partial charge in [0, 0.05) is 13.0 Å². The molecule has 1 saturated carbocycles. The molecule has 2 unspecified atom stereocenters. The van der Waals surface area contributed by atoms with Gasteiger partial charge < -0.3 is 20.1 Å². The van der Waals surface area contributed by atoms with Crippen molar-refractivity contribution in [3.05, 3.63) is 76.6 Å². The van der Waals surface area contributed by atoms with E-state index in [-0.39, 0.29) is 24.9 Å². The zero-order chi connectivity index (χ0) is 26.9. The Hall–Kier alpha value is -2.81. The van der Waals surface area contributed by atoms with Gasteiger partial charge in [-0.3, -0.25) is 4.79 Å². The molecule has 2 aliphatic rings. The number of aliphatic hydroxyl groups is 1. The molecule has 1 aliphatic carbocycles. The van der Waals surface area contributed by atoms with Gasteiger partial charge in [0.1, 0.15) is 17.7 Å². The Bertz CT molecular complexity index is 1310. The molecule has 1 heterocycles. The lowest BCUT2D eigenvalue weighted by molar-refractivity contribution is -0.148. The van der Waals surface area contributed by atoms with Gasteiger partial charge in [-0.1, -0.05) is 41.9 Å². The lowest BCUT2D eigenvalue weighted by Gasteiger charge is -2.36.